The van der Waals surface area contributed by atoms with Crippen LogP contribution in [0.4, 0.5) is 0 Å². The first-order chi connectivity index (χ1) is 10.6. The molecule has 0 radical (unpaired) electrons. The second kappa shape index (κ2) is 5.77. The van der Waals surface area contributed by atoms with Gasteiger partial charge in [0.1, 0.15) is 0 Å². The quantitative estimate of drug-likeness (QED) is 0.883. The molecule has 1 aliphatic rings. The molecule has 2 aromatic rings. The maximum Gasteiger partial charge on any atom is 0.332 e. The summed E-state index contributed by atoms with van der Waals surface area (Å²) >= 11 is 0. The van der Waals surface area contributed by atoms with Crippen LogP contribution < -0.4 is 0 Å². The normalized spacial score (nSPS) is 17.9. The van der Waals surface area contributed by atoms with Crippen molar-refractivity contribution in [3.63, 3.8) is 0 Å². The molecular formula is C18H13NO3. The fraction of sp³-hybridized carbons (Fsp3) is 0.0556. The second-order valence-corrected chi connectivity index (χ2v) is 4.96. The monoisotopic (exact) mass is 291 g/mol. The summed E-state index contributed by atoms with van der Waals surface area (Å²) in [6, 6.07) is 11.2. The zero-order valence-corrected chi connectivity index (χ0v) is 11.6. The average Bonchev–Trinajstić information content (AvgIpc) is 2.53. The standard InChI is InChI=1S/C18H13NO3/c20-17-8-4-2-6-14(17)15(18(21)22)11-13-10-9-12-5-1-3-7-16(12)19-13/h1-11,14H,(H,21,22). The van der Waals surface area contributed by atoms with E-state index in [1.165, 1.54) is 12.2 Å². The van der Waals surface area contributed by atoms with Crippen molar-refractivity contribution in [1.29, 1.82) is 0 Å². The van der Waals surface area contributed by atoms with Crippen molar-refractivity contribution in [1.82, 2.24) is 4.98 Å². The SMILES string of the molecule is O=C(O)C(=Cc1ccc2ccccc2n1)C1C=CC=CC1=O. The van der Waals surface area contributed by atoms with Gasteiger partial charge >= 0.3 is 5.97 Å². The second-order valence-electron chi connectivity index (χ2n) is 4.96. The Morgan fingerprint density at radius 1 is 1.14 bits per heavy atom. The Morgan fingerprint density at radius 2 is 1.95 bits per heavy atom. The Balaban J connectivity index is 2.04. The maximum absolute atomic E-state index is 11.9. The molecular weight excluding hydrogens is 278 g/mol. The highest BCUT2D eigenvalue weighted by atomic mass is 16.4. The van der Waals surface area contributed by atoms with Gasteiger partial charge in [-0.1, -0.05) is 42.5 Å². The van der Waals surface area contributed by atoms with E-state index in [9.17, 15) is 14.7 Å². The Hall–Kier alpha value is -3.01. The summed E-state index contributed by atoms with van der Waals surface area (Å²) in [6.07, 6.45) is 7.71. The molecule has 0 bridgehead atoms. The minimum Gasteiger partial charge on any atom is -0.478 e. The molecule has 0 fully saturated rings. The molecule has 0 amide bonds. The Labute approximate surface area is 127 Å². The fourth-order valence-corrected chi connectivity index (χ4v) is 2.39. The molecule has 1 unspecified atom stereocenters. The number of nitrogens with zero attached hydrogens (tertiary/aromatic N) is 1. The number of carbonyl (C=O) groups is 2. The number of rotatable bonds is 3. The number of benzene rings is 1. The molecule has 1 N–H and O–H groups in total. The van der Waals surface area contributed by atoms with Crippen LogP contribution >= 0.6 is 0 Å². The first-order valence-electron chi connectivity index (χ1n) is 6.84. The molecule has 22 heavy (non-hydrogen) atoms. The molecule has 4 heteroatoms. The predicted octanol–water partition coefficient (Wildman–Crippen LogP) is 3.01. The molecule has 108 valence electrons. The number of pyridine rings is 1. The lowest BCUT2D eigenvalue weighted by molar-refractivity contribution is -0.134. The predicted molar refractivity (Wildman–Crippen MR) is 84.1 cm³/mol. The van der Waals surface area contributed by atoms with E-state index in [1.54, 1.807) is 24.3 Å². The number of para-hydroxylation sites is 1. The molecule has 0 saturated carbocycles. The number of hydrogen-bond acceptors (Lipinski definition) is 3. The van der Waals surface area contributed by atoms with Crippen LogP contribution in [0.15, 0.2) is 66.3 Å². The molecule has 1 aliphatic carbocycles. The van der Waals surface area contributed by atoms with Gasteiger partial charge in [-0.15, -0.1) is 0 Å². The molecule has 0 aliphatic heterocycles. The molecule has 1 heterocycles. The van der Waals surface area contributed by atoms with Crippen LogP contribution in [0.25, 0.3) is 17.0 Å². The van der Waals surface area contributed by atoms with E-state index in [1.807, 2.05) is 30.3 Å². The number of carbonyl (C=O) groups excluding carboxylic acids is 1. The molecule has 0 spiro atoms. The molecule has 1 aromatic carbocycles. The highest BCUT2D eigenvalue weighted by molar-refractivity contribution is 6.06. The Kier molecular flexibility index (Phi) is 3.66. The van der Waals surface area contributed by atoms with Crippen LogP contribution in [0, 0.1) is 5.92 Å². The molecule has 0 saturated heterocycles. The van der Waals surface area contributed by atoms with Crippen LogP contribution in [-0.4, -0.2) is 21.8 Å². The third kappa shape index (κ3) is 2.72. The summed E-state index contributed by atoms with van der Waals surface area (Å²) in [5.74, 6) is -2.12. The highest BCUT2D eigenvalue weighted by Gasteiger charge is 2.24. The van der Waals surface area contributed by atoms with E-state index in [4.69, 9.17) is 0 Å². The van der Waals surface area contributed by atoms with Crippen molar-refractivity contribution in [2.75, 3.05) is 0 Å². The van der Waals surface area contributed by atoms with Crippen LogP contribution in [0.1, 0.15) is 5.69 Å². The van der Waals surface area contributed by atoms with Crippen molar-refractivity contribution in [3.8, 4) is 0 Å². The minimum atomic E-state index is -1.12. The number of carboxylic acid groups (broad SMARTS) is 1. The van der Waals surface area contributed by atoms with Crippen molar-refractivity contribution >= 4 is 28.7 Å². The summed E-state index contributed by atoms with van der Waals surface area (Å²) in [4.78, 5) is 27.8. The third-order valence-electron chi connectivity index (χ3n) is 3.49. The van der Waals surface area contributed by atoms with E-state index < -0.39 is 11.9 Å². The highest BCUT2D eigenvalue weighted by Crippen LogP contribution is 2.22. The van der Waals surface area contributed by atoms with Gasteiger partial charge < -0.3 is 5.11 Å². The zero-order valence-electron chi connectivity index (χ0n) is 11.6. The zero-order chi connectivity index (χ0) is 15.5. The Morgan fingerprint density at radius 3 is 2.73 bits per heavy atom. The van der Waals surface area contributed by atoms with Crippen LogP contribution in [0.2, 0.25) is 0 Å². The Bertz CT molecular complexity index is 846. The van der Waals surface area contributed by atoms with E-state index in [0.717, 1.165) is 10.9 Å². The van der Waals surface area contributed by atoms with Crippen molar-refractivity contribution in [2.24, 2.45) is 5.92 Å². The van der Waals surface area contributed by atoms with Gasteiger partial charge in [-0.2, -0.15) is 0 Å². The largest absolute Gasteiger partial charge is 0.478 e. The summed E-state index contributed by atoms with van der Waals surface area (Å²) in [5, 5.41) is 10.4. The molecule has 4 nitrogen and oxygen atoms in total. The first-order valence-corrected chi connectivity index (χ1v) is 6.84. The van der Waals surface area contributed by atoms with Gasteiger partial charge in [0.25, 0.3) is 0 Å². The molecule has 1 aromatic heterocycles. The number of aliphatic carboxylic acids is 1. The minimum absolute atomic E-state index is 0.0216. The number of hydrogen-bond donors (Lipinski definition) is 1. The smallest absolute Gasteiger partial charge is 0.332 e. The lowest BCUT2D eigenvalue weighted by atomic mass is 9.90. The van der Waals surface area contributed by atoms with Crippen LogP contribution in [0.3, 0.4) is 0 Å². The lowest BCUT2D eigenvalue weighted by Gasteiger charge is -2.12. The van der Waals surface area contributed by atoms with Crippen molar-refractivity contribution < 1.29 is 14.7 Å². The van der Waals surface area contributed by atoms with Gasteiger partial charge in [-0.05, 0) is 24.3 Å². The van der Waals surface area contributed by atoms with E-state index in [2.05, 4.69) is 4.98 Å². The lowest BCUT2D eigenvalue weighted by Crippen LogP contribution is -2.19. The van der Waals surface area contributed by atoms with Gasteiger partial charge in [0.05, 0.1) is 22.7 Å². The number of fused-ring (bicyclic) bond motifs is 1. The first kappa shape index (κ1) is 13.9. The summed E-state index contributed by atoms with van der Waals surface area (Å²) < 4.78 is 0. The van der Waals surface area contributed by atoms with Crippen molar-refractivity contribution in [3.05, 3.63) is 72.0 Å². The van der Waals surface area contributed by atoms with Crippen molar-refractivity contribution in [2.45, 2.75) is 0 Å². The van der Waals surface area contributed by atoms with Gasteiger partial charge in [0.2, 0.25) is 0 Å². The third-order valence-corrected chi connectivity index (χ3v) is 3.49. The summed E-state index contributed by atoms with van der Waals surface area (Å²) in [5.41, 5.74) is 1.33. The van der Waals surface area contributed by atoms with E-state index in [-0.39, 0.29) is 11.4 Å². The number of aromatic nitrogens is 1. The van der Waals surface area contributed by atoms with Crippen LogP contribution in [0.5, 0.6) is 0 Å². The van der Waals surface area contributed by atoms with Gasteiger partial charge in [-0.3, -0.25) is 4.79 Å². The summed E-state index contributed by atoms with van der Waals surface area (Å²) in [6.45, 7) is 0. The molecule has 3 rings (SSSR count). The van der Waals surface area contributed by atoms with Gasteiger partial charge in [0, 0.05) is 5.39 Å². The molecule has 1 atom stereocenters. The van der Waals surface area contributed by atoms with E-state index in [0.29, 0.717) is 5.69 Å². The fourth-order valence-electron chi connectivity index (χ4n) is 2.39. The van der Waals surface area contributed by atoms with Crippen LogP contribution in [-0.2, 0) is 9.59 Å². The van der Waals surface area contributed by atoms with Gasteiger partial charge in [0.15, 0.2) is 5.78 Å². The summed E-state index contributed by atoms with van der Waals surface area (Å²) in [7, 11) is 0. The van der Waals surface area contributed by atoms with Gasteiger partial charge in [-0.25, -0.2) is 9.78 Å². The topological polar surface area (TPSA) is 67.3 Å². The maximum atomic E-state index is 11.9. The number of allylic oxidation sites excluding steroid dienone is 4. The number of ketones is 1. The average molecular weight is 291 g/mol. The number of carboxylic acids is 1. The van der Waals surface area contributed by atoms with E-state index >= 15 is 0 Å².